The molecule has 7 nitrogen and oxygen atoms in total. The molecule has 136 valence electrons. The first-order valence-corrected chi connectivity index (χ1v) is 9.16. The number of unbranched alkanes of at least 4 members (excludes halogenated alkanes) is 5. The average molecular weight is 343 g/mol. The molecule has 0 aromatic heterocycles. The number of aliphatic hydroxyl groups is 2. The molecular weight excluding hydrogens is 310 g/mol. The van der Waals surface area contributed by atoms with E-state index in [1.807, 2.05) is 14.1 Å². The van der Waals surface area contributed by atoms with Crippen LogP contribution in [0.1, 0.15) is 45.4 Å². The van der Waals surface area contributed by atoms with Crippen LogP contribution in [0.4, 0.5) is 0 Å². The third-order valence-corrected chi connectivity index (χ3v) is 3.59. The van der Waals surface area contributed by atoms with Crippen LogP contribution < -0.4 is 0 Å². The second kappa shape index (κ2) is 14.3. The van der Waals surface area contributed by atoms with Gasteiger partial charge in [0.25, 0.3) is 0 Å². The molecule has 22 heavy (non-hydrogen) atoms. The first kappa shape index (κ1) is 24.0. The van der Waals surface area contributed by atoms with Crippen molar-refractivity contribution in [2.45, 2.75) is 45.4 Å². The van der Waals surface area contributed by atoms with Crippen molar-refractivity contribution >= 4 is 10.4 Å². The van der Waals surface area contributed by atoms with Gasteiger partial charge in [-0.1, -0.05) is 39.0 Å². The number of hydrogen-bond donors (Lipinski definition) is 2. The fourth-order valence-electron chi connectivity index (χ4n) is 1.70. The summed E-state index contributed by atoms with van der Waals surface area (Å²) in [4.78, 5) is 0. The Labute approximate surface area is 135 Å². The molecule has 0 heterocycles. The molecule has 0 aliphatic carbocycles. The van der Waals surface area contributed by atoms with Crippen LogP contribution in [-0.4, -0.2) is 74.7 Å². The molecule has 0 bridgehead atoms. The minimum Gasteiger partial charge on any atom is -0.726 e. The van der Waals surface area contributed by atoms with E-state index in [0.717, 1.165) is 12.8 Å². The van der Waals surface area contributed by atoms with Crippen LogP contribution in [0.15, 0.2) is 0 Å². The lowest BCUT2D eigenvalue weighted by atomic mass is 10.1. The zero-order valence-electron chi connectivity index (χ0n) is 14.2. The smallest absolute Gasteiger partial charge is 0.217 e. The van der Waals surface area contributed by atoms with Gasteiger partial charge >= 0.3 is 0 Å². The molecule has 2 N–H and O–H groups in total. The van der Waals surface area contributed by atoms with Crippen LogP contribution in [0.3, 0.4) is 0 Å². The lowest BCUT2D eigenvalue weighted by molar-refractivity contribution is -0.890. The Kier molecular flexibility index (Phi) is 15.7. The molecule has 8 heteroatoms. The van der Waals surface area contributed by atoms with E-state index in [1.165, 1.54) is 19.3 Å². The van der Waals surface area contributed by atoms with Gasteiger partial charge < -0.3 is 19.2 Å². The minimum atomic E-state index is -4.47. The third-order valence-electron chi connectivity index (χ3n) is 3.14. The fourth-order valence-corrected chi connectivity index (χ4v) is 2.02. The van der Waals surface area contributed by atoms with E-state index in [1.54, 1.807) is 0 Å². The summed E-state index contributed by atoms with van der Waals surface area (Å²) in [5, 5.41) is 17.1. The highest BCUT2D eigenvalue weighted by atomic mass is 32.3. The minimum absolute atomic E-state index is 0.0258. The summed E-state index contributed by atoms with van der Waals surface area (Å²) in [6.45, 7) is 3.95. The molecule has 0 radical (unpaired) electrons. The summed E-state index contributed by atoms with van der Waals surface area (Å²) < 4.78 is 34.7. The zero-order chi connectivity index (χ0) is 17.5. The predicted octanol–water partition coefficient (Wildman–Crippen LogP) is 0.871. The molecule has 0 fully saturated rings. The van der Waals surface area contributed by atoms with E-state index in [9.17, 15) is 13.0 Å². The quantitative estimate of drug-likeness (QED) is 0.236. The van der Waals surface area contributed by atoms with E-state index in [-0.39, 0.29) is 19.8 Å². The van der Waals surface area contributed by atoms with Gasteiger partial charge in [-0.05, 0) is 6.42 Å². The van der Waals surface area contributed by atoms with Crippen LogP contribution in [-0.2, 0) is 14.6 Å². The van der Waals surface area contributed by atoms with Crippen LogP contribution in [0.2, 0.25) is 0 Å². The van der Waals surface area contributed by atoms with Crippen molar-refractivity contribution in [3.8, 4) is 0 Å². The van der Waals surface area contributed by atoms with Crippen LogP contribution >= 0.6 is 0 Å². The Bertz CT molecular complexity index is 324. The standard InChI is InChI=1S/C8H18O4S.C6H16NO2/c1-2-3-4-5-6-7-8-12-13(9,10)11;1-7(2,3-5-8)4-6-9/h2-8H2,1H3,(H,9,10,11);8-9H,3-6H2,1-2H3/q;+1/p-1. The number of hydrogen-bond acceptors (Lipinski definition) is 6. The predicted molar refractivity (Wildman–Crippen MR) is 85.0 cm³/mol. The second-order valence-corrected chi connectivity index (χ2v) is 6.88. The molecule has 0 amide bonds. The summed E-state index contributed by atoms with van der Waals surface area (Å²) >= 11 is 0. The molecule has 0 rings (SSSR count). The molecule has 0 saturated heterocycles. The van der Waals surface area contributed by atoms with Gasteiger partial charge in [-0.25, -0.2) is 8.42 Å². The van der Waals surface area contributed by atoms with Crippen molar-refractivity contribution in [2.24, 2.45) is 0 Å². The van der Waals surface area contributed by atoms with Gasteiger partial charge in [0, 0.05) is 0 Å². The Morgan fingerprint density at radius 1 is 0.955 bits per heavy atom. The highest BCUT2D eigenvalue weighted by Crippen LogP contribution is 2.05. The molecule has 0 spiro atoms. The fraction of sp³-hybridized carbons (Fsp3) is 1.00. The Balaban J connectivity index is 0. The summed E-state index contributed by atoms with van der Waals surface area (Å²) in [5.74, 6) is 0. The van der Waals surface area contributed by atoms with Gasteiger partial charge in [0.2, 0.25) is 10.4 Å². The SMILES string of the molecule is CCCCCCCCOS(=O)(=O)[O-].C[N+](C)(CCO)CCO. The molecule has 0 saturated carbocycles. The molecule has 0 aliphatic rings. The maximum atomic E-state index is 9.99. The van der Waals surface area contributed by atoms with Gasteiger partial charge in [0.05, 0.1) is 33.9 Å². The van der Waals surface area contributed by atoms with E-state index in [2.05, 4.69) is 11.1 Å². The van der Waals surface area contributed by atoms with E-state index in [0.29, 0.717) is 24.0 Å². The Morgan fingerprint density at radius 2 is 1.41 bits per heavy atom. The summed E-state index contributed by atoms with van der Waals surface area (Å²) in [6, 6.07) is 0. The largest absolute Gasteiger partial charge is 0.726 e. The summed E-state index contributed by atoms with van der Waals surface area (Å²) in [6.07, 6.45) is 6.21. The first-order chi connectivity index (χ1) is 10.2. The van der Waals surface area contributed by atoms with Gasteiger partial charge in [0.15, 0.2) is 0 Å². The topological polar surface area (TPSA) is 107 Å². The van der Waals surface area contributed by atoms with Crippen LogP contribution in [0.5, 0.6) is 0 Å². The molecule has 0 aromatic rings. The zero-order valence-corrected chi connectivity index (χ0v) is 15.0. The average Bonchev–Trinajstić information content (AvgIpc) is 2.37. The van der Waals surface area contributed by atoms with Crippen molar-refractivity contribution in [3.05, 3.63) is 0 Å². The second-order valence-electron chi connectivity index (χ2n) is 5.83. The normalized spacial score (nSPS) is 11.9. The van der Waals surface area contributed by atoms with Crippen molar-refractivity contribution < 1.29 is 31.8 Å². The van der Waals surface area contributed by atoms with Crippen LogP contribution in [0.25, 0.3) is 0 Å². The molecule has 0 atom stereocenters. The molecule has 0 aromatic carbocycles. The maximum absolute atomic E-state index is 9.99. The lowest BCUT2D eigenvalue weighted by Gasteiger charge is -2.27. The number of nitrogens with zero attached hydrogens (tertiary/aromatic N) is 1. The highest BCUT2D eigenvalue weighted by molar-refractivity contribution is 7.80. The highest BCUT2D eigenvalue weighted by Gasteiger charge is 2.11. The molecule has 0 unspecified atom stereocenters. The number of rotatable bonds is 12. The van der Waals surface area contributed by atoms with Crippen molar-refractivity contribution in [3.63, 3.8) is 0 Å². The van der Waals surface area contributed by atoms with Gasteiger partial charge in [-0.15, -0.1) is 0 Å². The van der Waals surface area contributed by atoms with Gasteiger partial charge in [-0.2, -0.15) is 0 Å². The number of aliphatic hydroxyl groups excluding tert-OH is 2. The monoisotopic (exact) mass is 343 g/mol. The maximum Gasteiger partial charge on any atom is 0.217 e. The third kappa shape index (κ3) is 22.0. The van der Waals surface area contributed by atoms with E-state index in [4.69, 9.17) is 10.2 Å². The Morgan fingerprint density at radius 3 is 1.82 bits per heavy atom. The van der Waals surface area contributed by atoms with E-state index < -0.39 is 10.4 Å². The van der Waals surface area contributed by atoms with Gasteiger partial charge in [0.1, 0.15) is 13.1 Å². The van der Waals surface area contributed by atoms with Crippen LogP contribution in [0, 0.1) is 0 Å². The van der Waals surface area contributed by atoms with Gasteiger partial charge in [-0.3, -0.25) is 4.18 Å². The number of quaternary nitrogens is 1. The summed E-state index contributed by atoms with van der Waals surface area (Å²) in [5.41, 5.74) is 0. The van der Waals surface area contributed by atoms with Crippen molar-refractivity contribution in [2.75, 3.05) is 47.0 Å². The lowest BCUT2D eigenvalue weighted by Crippen LogP contribution is -2.43. The summed E-state index contributed by atoms with van der Waals surface area (Å²) in [7, 11) is -0.514. The first-order valence-electron chi connectivity index (χ1n) is 7.82. The molecule has 0 aliphatic heterocycles. The Hall–Kier alpha value is -0.250. The molecular formula is C14H33NO6S. The number of likely N-dealkylation sites (N-methyl/N-ethyl adjacent to an activating group) is 1. The van der Waals surface area contributed by atoms with Crippen molar-refractivity contribution in [1.29, 1.82) is 0 Å². The van der Waals surface area contributed by atoms with Crippen molar-refractivity contribution in [1.82, 2.24) is 0 Å². The van der Waals surface area contributed by atoms with E-state index >= 15 is 0 Å².